The summed E-state index contributed by atoms with van der Waals surface area (Å²) in [4.78, 5) is 2.85. The van der Waals surface area contributed by atoms with Crippen molar-refractivity contribution in [2.75, 3.05) is 18.0 Å². The van der Waals surface area contributed by atoms with Crippen molar-refractivity contribution >= 4 is 22.9 Å². The lowest BCUT2D eigenvalue weighted by Gasteiger charge is -2.28. The van der Waals surface area contributed by atoms with Crippen molar-refractivity contribution in [3.05, 3.63) is 66.2 Å². The highest BCUT2D eigenvalue weighted by Gasteiger charge is 2.18. The molecule has 0 aromatic heterocycles. The van der Waals surface area contributed by atoms with Crippen LogP contribution in [0.5, 0.6) is 0 Å². The first-order valence-electron chi connectivity index (χ1n) is 6.86. The van der Waals surface area contributed by atoms with Gasteiger partial charge in [-0.25, -0.2) is 0 Å². The first kappa shape index (κ1) is 14.5. The molecule has 0 saturated heterocycles. The molecule has 2 rings (SSSR count). The van der Waals surface area contributed by atoms with E-state index in [0.717, 1.165) is 13.1 Å². The summed E-state index contributed by atoms with van der Waals surface area (Å²) in [6.07, 6.45) is 0. The molecule has 0 aliphatic rings. The highest BCUT2D eigenvalue weighted by Crippen LogP contribution is 2.21. The van der Waals surface area contributed by atoms with Crippen LogP contribution in [-0.2, 0) is 0 Å². The van der Waals surface area contributed by atoms with Gasteiger partial charge in [0.2, 0.25) is 0 Å². The molecule has 2 N–H and O–H groups in total. The highest BCUT2D eigenvalue weighted by atomic mass is 32.1. The number of thiocarbonyl (C=S) groups is 1. The Balaban J connectivity index is 2.21. The number of hydrogen-bond acceptors (Lipinski definition) is 2. The molecule has 0 saturated carbocycles. The predicted molar refractivity (Wildman–Crippen MR) is 90.3 cm³/mol. The van der Waals surface area contributed by atoms with E-state index >= 15 is 0 Å². The van der Waals surface area contributed by atoms with E-state index < -0.39 is 0 Å². The van der Waals surface area contributed by atoms with Crippen molar-refractivity contribution in [2.24, 2.45) is 5.73 Å². The molecule has 0 amide bonds. The molecule has 2 aromatic carbocycles. The summed E-state index contributed by atoms with van der Waals surface area (Å²) in [5, 5.41) is 0. The molecular weight excluding hydrogens is 264 g/mol. The van der Waals surface area contributed by atoms with Crippen LogP contribution >= 0.6 is 12.2 Å². The van der Waals surface area contributed by atoms with Crippen LogP contribution in [-0.4, -0.2) is 18.1 Å². The summed E-state index contributed by atoms with van der Waals surface area (Å²) in [5.41, 5.74) is 8.33. The Morgan fingerprint density at radius 1 is 1.05 bits per heavy atom. The van der Waals surface area contributed by atoms with Crippen LogP contribution in [0.1, 0.15) is 18.4 Å². The second-order valence-corrected chi connectivity index (χ2v) is 5.21. The van der Waals surface area contributed by atoms with Crippen LogP contribution < -0.4 is 10.6 Å². The van der Waals surface area contributed by atoms with E-state index in [0.29, 0.717) is 4.99 Å². The molecule has 0 bridgehead atoms. The van der Waals surface area contributed by atoms with Gasteiger partial charge in [0.25, 0.3) is 0 Å². The van der Waals surface area contributed by atoms with Gasteiger partial charge in [0.15, 0.2) is 0 Å². The topological polar surface area (TPSA) is 29.3 Å². The van der Waals surface area contributed by atoms with E-state index in [9.17, 15) is 0 Å². The van der Waals surface area contributed by atoms with Gasteiger partial charge in [-0.15, -0.1) is 0 Å². The third-order valence-electron chi connectivity index (χ3n) is 3.45. The van der Waals surface area contributed by atoms with Gasteiger partial charge in [0, 0.05) is 18.8 Å². The maximum atomic E-state index is 5.95. The minimum Gasteiger partial charge on any atom is -0.393 e. The molecule has 1 unspecified atom stereocenters. The van der Waals surface area contributed by atoms with Gasteiger partial charge in [0.1, 0.15) is 0 Å². The lowest BCUT2D eigenvalue weighted by atomic mass is 9.98. The fourth-order valence-corrected chi connectivity index (χ4v) is 2.53. The first-order valence-corrected chi connectivity index (χ1v) is 7.27. The molecule has 2 nitrogen and oxygen atoms in total. The number of likely N-dealkylation sites (N-methyl/N-ethyl adjacent to an activating group) is 1. The van der Waals surface area contributed by atoms with Crippen LogP contribution in [0.3, 0.4) is 0 Å². The molecule has 3 heteroatoms. The fourth-order valence-electron chi connectivity index (χ4n) is 2.32. The zero-order chi connectivity index (χ0) is 14.4. The monoisotopic (exact) mass is 284 g/mol. The number of rotatable bonds is 6. The van der Waals surface area contributed by atoms with Gasteiger partial charge in [-0.05, 0) is 24.6 Å². The van der Waals surface area contributed by atoms with E-state index in [1.54, 1.807) is 0 Å². The second-order valence-electron chi connectivity index (χ2n) is 4.74. The standard InChI is InChI=1S/C17H20N2S/c1-2-19(15-11-7-4-8-12-15)13-16(17(18)20)14-9-5-3-6-10-14/h3-12,16H,2,13H2,1H3,(H2,18,20). The van der Waals surface area contributed by atoms with Crippen molar-refractivity contribution in [3.8, 4) is 0 Å². The minimum absolute atomic E-state index is 0.0753. The molecule has 0 aliphatic heterocycles. The summed E-state index contributed by atoms with van der Waals surface area (Å²) in [5.74, 6) is 0.0753. The first-order chi connectivity index (χ1) is 9.72. The average molecular weight is 284 g/mol. The number of hydrogen-bond donors (Lipinski definition) is 1. The van der Waals surface area contributed by atoms with Gasteiger partial charge >= 0.3 is 0 Å². The molecule has 0 heterocycles. The maximum Gasteiger partial charge on any atom is 0.0821 e. The summed E-state index contributed by atoms with van der Waals surface area (Å²) >= 11 is 5.27. The van der Waals surface area contributed by atoms with E-state index in [1.807, 2.05) is 24.3 Å². The molecule has 0 radical (unpaired) electrons. The smallest absolute Gasteiger partial charge is 0.0821 e. The Labute approximate surface area is 126 Å². The summed E-state index contributed by atoms with van der Waals surface area (Å²) in [6, 6.07) is 20.6. The van der Waals surface area contributed by atoms with Crippen LogP contribution in [0.4, 0.5) is 5.69 Å². The van der Waals surface area contributed by atoms with Gasteiger partial charge in [-0.3, -0.25) is 0 Å². The number of benzene rings is 2. The quantitative estimate of drug-likeness (QED) is 0.822. The Hall–Kier alpha value is -1.87. The van der Waals surface area contributed by atoms with Gasteiger partial charge < -0.3 is 10.6 Å². The molecule has 1 atom stereocenters. The molecule has 104 valence electrons. The van der Waals surface area contributed by atoms with Crippen LogP contribution in [0, 0.1) is 0 Å². The van der Waals surface area contributed by atoms with Gasteiger partial charge in [0.05, 0.1) is 10.9 Å². The number of para-hydroxylation sites is 1. The lowest BCUT2D eigenvalue weighted by molar-refractivity contribution is 0.773. The average Bonchev–Trinajstić information content (AvgIpc) is 2.50. The van der Waals surface area contributed by atoms with E-state index in [-0.39, 0.29) is 5.92 Å². The molecule has 0 fully saturated rings. The van der Waals surface area contributed by atoms with E-state index in [1.165, 1.54) is 11.3 Å². The van der Waals surface area contributed by atoms with Gasteiger partial charge in [-0.1, -0.05) is 60.7 Å². The molecule has 20 heavy (non-hydrogen) atoms. The Morgan fingerprint density at radius 3 is 2.10 bits per heavy atom. The molecule has 2 aromatic rings. The third-order valence-corrected chi connectivity index (χ3v) is 3.74. The van der Waals surface area contributed by atoms with Gasteiger partial charge in [-0.2, -0.15) is 0 Å². The molecular formula is C17H20N2S. The van der Waals surface area contributed by atoms with Crippen molar-refractivity contribution in [2.45, 2.75) is 12.8 Å². The van der Waals surface area contributed by atoms with Crippen molar-refractivity contribution in [1.29, 1.82) is 0 Å². The fraction of sp³-hybridized carbons (Fsp3) is 0.235. The normalized spacial score (nSPS) is 11.8. The summed E-state index contributed by atoms with van der Waals surface area (Å²) < 4.78 is 0. The Morgan fingerprint density at radius 2 is 1.60 bits per heavy atom. The highest BCUT2D eigenvalue weighted by molar-refractivity contribution is 7.80. The Kier molecular flexibility index (Phi) is 5.13. The van der Waals surface area contributed by atoms with Crippen molar-refractivity contribution < 1.29 is 0 Å². The number of anilines is 1. The largest absolute Gasteiger partial charge is 0.393 e. The van der Waals surface area contributed by atoms with Crippen LogP contribution in [0.2, 0.25) is 0 Å². The number of nitrogens with zero attached hydrogens (tertiary/aromatic N) is 1. The van der Waals surface area contributed by atoms with E-state index in [4.69, 9.17) is 18.0 Å². The van der Waals surface area contributed by atoms with Crippen molar-refractivity contribution in [1.82, 2.24) is 0 Å². The maximum absolute atomic E-state index is 5.95. The van der Waals surface area contributed by atoms with Crippen LogP contribution in [0.15, 0.2) is 60.7 Å². The zero-order valence-electron chi connectivity index (χ0n) is 11.7. The summed E-state index contributed by atoms with van der Waals surface area (Å²) in [7, 11) is 0. The summed E-state index contributed by atoms with van der Waals surface area (Å²) in [6.45, 7) is 3.88. The molecule has 0 aliphatic carbocycles. The van der Waals surface area contributed by atoms with E-state index in [2.05, 4.69) is 48.2 Å². The number of nitrogens with two attached hydrogens (primary N) is 1. The third kappa shape index (κ3) is 3.58. The van der Waals surface area contributed by atoms with Crippen LogP contribution in [0.25, 0.3) is 0 Å². The predicted octanol–water partition coefficient (Wildman–Crippen LogP) is 3.58. The molecule has 0 spiro atoms. The minimum atomic E-state index is 0.0753. The lowest BCUT2D eigenvalue weighted by Crippen LogP contribution is -2.34. The zero-order valence-corrected chi connectivity index (χ0v) is 12.5. The SMILES string of the molecule is CCN(CC(C(N)=S)c1ccccc1)c1ccccc1. The van der Waals surface area contributed by atoms with Crippen molar-refractivity contribution in [3.63, 3.8) is 0 Å². The Bertz CT molecular complexity index is 539. The second kappa shape index (κ2) is 7.06.